The number of alkyl halides is 3. The number of halogens is 3. The molecule has 2 N–H and O–H groups in total. The van der Waals surface area contributed by atoms with Crippen molar-refractivity contribution < 1.29 is 37.0 Å². The summed E-state index contributed by atoms with van der Waals surface area (Å²) in [5.41, 5.74) is -0.0414. The largest absolute Gasteiger partial charge is 0.493 e. The molecule has 0 spiro atoms. The lowest BCUT2D eigenvalue weighted by molar-refractivity contribution is -0.137. The predicted molar refractivity (Wildman–Crippen MR) is 193 cm³/mol. The van der Waals surface area contributed by atoms with Gasteiger partial charge in [-0.2, -0.15) is 13.2 Å². The van der Waals surface area contributed by atoms with Crippen molar-refractivity contribution in [2.75, 3.05) is 23.9 Å². The number of hydrogen-bond donors (Lipinski definition) is 2. The number of ether oxygens (including phenoxy) is 2. The van der Waals surface area contributed by atoms with Crippen LogP contribution in [0.4, 0.5) is 24.5 Å². The number of fused-ring (bicyclic) bond motifs is 10. The standard InChI is InChI=1S/C39H30F3N3O6S2/c1-50-27-15-20(11-13-26(27)51-17-28(46)43-21-12-10-18-6-2-3-7-19(18)14-21)29-30-22-16-23(33(30)52-35-34(29)53-38(49)44-35)32-31(22)36(47)45(37(32)48)25-9-5-4-8-24(25)39(40,41)42/h2-15,22-23,29-33H,16-17H2,1H3,(H,43,46)(H,44,49)/t22?,23?,29-,30?,31?,32?,33?/m1/s1. The quantitative estimate of drug-likeness (QED) is 0.167. The molecule has 2 saturated carbocycles. The molecular weight excluding hydrogens is 728 g/mol. The van der Waals surface area contributed by atoms with Crippen LogP contribution < -0.4 is 24.6 Å². The normalized spacial score (nSPS) is 25.7. The Morgan fingerprint density at radius 3 is 2.42 bits per heavy atom. The van der Waals surface area contributed by atoms with Crippen molar-refractivity contribution in [2.45, 2.75) is 28.8 Å². The second kappa shape index (κ2) is 12.5. The summed E-state index contributed by atoms with van der Waals surface area (Å²) in [5.74, 6) is -3.54. The van der Waals surface area contributed by atoms with Gasteiger partial charge in [0.1, 0.15) is 0 Å². The van der Waals surface area contributed by atoms with Gasteiger partial charge in [0.15, 0.2) is 18.1 Å². The lowest BCUT2D eigenvalue weighted by Crippen LogP contribution is -2.42. The van der Waals surface area contributed by atoms with Crippen LogP contribution in [-0.4, -0.2) is 41.7 Å². The number of para-hydroxylation sites is 1. The van der Waals surface area contributed by atoms with Gasteiger partial charge in [0.2, 0.25) is 11.8 Å². The van der Waals surface area contributed by atoms with Gasteiger partial charge in [-0.25, -0.2) is 4.90 Å². The molecule has 4 aromatic carbocycles. The number of amides is 3. The van der Waals surface area contributed by atoms with E-state index in [0.717, 1.165) is 43.5 Å². The van der Waals surface area contributed by atoms with Gasteiger partial charge in [-0.15, -0.1) is 11.8 Å². The van der Waals surface area contributed by atoms with E-state index in [4.69, 9.17) is 9.47 Å². The van der Waals surface area contributed by atoms with Gasteiger partial charge < -0.3 is 19.8 Å². The molecule has 3 amide bonds. The van der Waals surface area contributed by atoms with Crippen LogP contribution in [0.15, 0.2) is 94.7 Å². The zero-order chi connectivity index (χ0) is 36.8. The number of aromatic amines is 1. The number of thiazole rings is 1. The number of anilines is 2. The van der Waals surface area contributed by atoms with Gasteiger partial charge >= 0.3 is 11.0 Å². The molecule has 1 saturated heterocycles. The average Bonchev–Trinajstić information content (AvgIpc) is 3.89. The summed E-state index contributed by atoms with van der Waals surface area (Å²) in [4.78, 5) is 57.9. The second-order valence-electron chi connectivity index (χ2n) is 13.8. The van der Waals surface area contributed by atoms with Crippen LogP contribution in [0.2, 0.25) is 0 Å². The summed E-state index contributed by atoms with van der Waals surface area (Å²) in [6.45, 7) is -0.284. The van der Waals surface area contributed by atoms with Crippen molar-refractivity contribution in [3.63, 3.8) is 0 Å². The number of benzene rings is 4. The molecule has 14 heteroatoms. The number of aromatic nitrogens is 1. The molecule has 2 aliphatic carbocycles. The number of methoxy groups -OCH3 is 1. The monoisotopic (exact) mass is 757 g/mol. The van der Waals surface area contributed by atoms with Gasteiger partial charge in [0, 0.05) is 21.7 Å². The van der Waals surface area contributed by atoms with Crippen molar-refractivity contribution in [3.8, 4) is 11.5 Å². The number of hydrogen-bond acceptors (Lipinski definition) is 8. The molecular formula is C39H30F3N3O6S2. The summed E-state index contributed by atoms with van der Waals surface area (Å²) in [5, 5.41) is 5.42. The van der Waals surface area contributed by atoms with Gasteiger partial charge in [-0.3, -0.25) is 19.2 Å². The maximum Gasteiger partial charge on any atom is 0.418 e. The first-order chi connectivity index (χ1) is 25.5. The molecule has 5 aromatic rings. The number of H-pyrrole nitrogens is 1. The fourth-order valence-corrected chi connectivity index (χ4v) is 12.0. The molecule has 9 nitrogen and oxygen atoms in total. The summed E-state index contributed by atoms with van der Waals surface area (Å²) in [6.07, 6.45) is -4.18. The second-order valence-corrected chi connectivity index (χ2v) is 16.0. The topological polar surface area (TPSA) is 118 Å². The Hall–Kier alpha value is -5.08. The zero-order valence-electron chi connectivity index (χ0n) is 27.9. The Morgan fingerprint density at radius 1 is 0.906 bits per heavy atom. The molecule has 3 heterocycles. The maximum absolute atomic E-state index is 14.1. The third-order valence-corrected chi connectivity index (χ3v) is 13.7. The summed E-state index contributed by atoms with van der Waals surface area (Å²) in [7, 11) is 1.49. The number of carbonyl (C=O) groups is 3. The zero-order valence-corrected chi connectivity index (χ0v) is 29.5. The molecule has 270 valence electrons. The highest BCUT2D eigenvalue weighted by Gasteiger charge is 2.70. The van der Waals surface area contributed by atoms with Crippen LogP contribution in [0.5, 0.6) is 11.5 Å². The number of carbonyl (C=O) groups excluding carboxylic acids is 3. The van der Waals surface area contributed by atoms with Crippen molar-refractivity contribution in [1.82, 2.24) is 4.98 Å². The smallest absolute Gasteiger partial charge is 0.418 e. The minimum absolute atomic E-state index is 0.167. The van der Waals surface area contributed by atoms with E-state index in [0.29, 0.717) is 28.6 Å². The SMILES string of the molecule is COc1cc([C@H]2c3sc(=O)[nH]c3SC3C4CC(C5C(=O)N(c6ccccc6C(F)(F)F)C(=O)C45)C32)ccc1OCC(=O)Nc1ccc2ccccc2c1. The van der Waals surface area contributed by atoms with Gasteiger partial charge in [-0.05, 0) is 76.9 Å². The van der Waals surface area contributed by atoms with E-state index in [-0.39, 0.29) is 46.3 Å². The van der Waals surface area contributed by atoms with E-state index >= 15 is 0 Å². The molecule has 2 aliphatic heterocycles. The van der Waals surface area contributed by atoms with Crippen LogP contribution in [0.25, 0.3) is 10.8 Å². The fourth-order valence-electron chi connectivity index (χ4n) is 9.14. The fraction of sp³-hybridized carbons (Fsp3) is 0.282. The average molecular weight is 758 g/mol. The molecule has 6 unspecified atom stereocenters. The Morgan fingerprint density at radius 2 is 1.64 bits per heavy atom. The van der Waals surface area contributed by atoms with Crippen LogP contribution in [0.3, 0.4) is 0 Å². The Bertz CT molecular complexity index is 2390. The molecule has 3 fully saturated rings. The molecule has 0 radical (unpaired) electrons. The first kappa shape index (κ1) is 33.7. The number of nitrogens with one attached hydrogen (secondary N) is 2. The van der Waals surface area contributed by atoms with Crippen LogP contribution in [0.1, 0.15) is 28.3 Å². The molecule has 2 bridgehead atoms. The predicted octanol–water partition coefficient (Wildman–Crippen LogP) is 7.31. The van der Waals surface area contributed by atoms with Crippen molar-refractivity contribution >= 4 is 63.0 Å². The van der Waals surface area contributed by atoms with Crippen molar-refractivity contribution in [3.05, 3.63) is 111 Å². The lowest BCUT2D eigenvalue weighted by Gasteiger charge is -2.43. The van der Waals surface area contributed by atoms with E-state index < -0.39 is 41.1 Å². The van der Waals surface area contributed by atoms with Crippen molar-refractivity contribution in [2.24, 2.45) is 29.6 Å². The van der Waals surface area contributed by atoms with Crippen LogP contribution in [-0.2, 0) is 20.6 Å². The molecule has 1 aromatic heterocycles. The Balaban J connectivity index is 1.000. The van der Waals surface area contributed by atoms with E-state index in [1.165, 1.54) is 37.1 Å². The number of imide groups is 1. The highest BCUT2D eigenvalue weighted by atomic mass is 32.2. The number of nitrogens with zero attached hydrogens (tertiary/aromatic N) is 1. The first-order valence-corrected chi connectivity index (χ1v) is 18.7. The first-order valence-electron chi connectivity index (χ1n) is 17.0. The minimum Gasteiger partial charge on any atom is -0.493 e. The van der Waals surface area contributed by atoms with E-state index in [1.54, 1.807) is 12.1 Å². The highest BCUT2D eigenvalue weighted by Crippen LogP contribution is 2.69. The van der Waals surface area contributed by atoms with Gasteiger partial charge in [0.05, 0.1) is 35.2 Å². The summed E-state index contributed by atoms with van der Waals surface area (Å²) >= 11 is 2.57. The molecule has 7 atom stereocenters. The Labute approximate surface area is 308 Å². The maximum atomic E-state index is 14.1. The summed E-state index contributed by atoms with van der Waals surface area (Å²) in [6, 6.07) is 23.5. The van der Waals surface area contributed by atoms with Gasteiger partial charge in [-0.1, -0.05) is 59.9 Å². The molecule has 4 aliphatic rings. The Kier molecular flexibility index (Phi) is 7.96. The molecule has 53 heavy (non-hydrogen) atoms. The summed E-state index contributed by atoms with van der Waals surface area (Å²) < 4.78 is 53.7. The van der Waals surface area contributed by atoms with E-state index in [9.17, 15) is 32.3 Å². The lowest BCUT2D eigenvalue weighted by atomic mass is 9.68. The third-order valence-electron chi connectivity index (χ3n) is 11.1. The van der Waals surface area contributed by atoms with Gasteiger partial charge in [0.25, 0.3) is 5.91 Å². The van der Waals surface area contributed by atoms with Crippen LogP contribution >= 0.6 is 23.1 Å². The van der Waals surface area contributed by atoms with Crippen LogP contribution in [0, 0.1) is 29.6 Å². The van der Waals surface area contributed by atoms with E-state index in [2.05, 4.69) is 10.3 Å². The van der Waals surface area contributed by atoms with E-state index in [1.807, 2.05) is 48.5 Å². The third kappa shape index (κ3) is 5.44. The number of thioether (sulfide) groups is 1. The highest BCUT2D eigenvalue weighted by molar-refractivity contribution is 8.00. The minimum atomic E-state index is -4.75. The van der Waals surface area contributed by atoms with Crippen molar-refractivity contribution in [1.29, 1.82) is 0 Å². The molecule has 9 rings (SSSR count). The number of rotatable bonds is 7.